The Morgan fingerprint density at radius 1 is 1.41 bits per heavy atom. The predicted molar refractivity (Wildman–Crippen MR) is 89.5 cm³/mol. The van der Waals surface area contributed by atoms with Crippen LogP contribution < -0.4 is 5.73 Å². The molecule has 1 aliphatic heterocycles. The highest BCUT2D eigenvalue weighted by Crippen LogP contribution is 2.22. The van der Waals surface area contributed by atoms with E-state index in [9.17, 15) is 9.18 Å². The van der Waals surface area contributed by atoms with Gasteiger partial charge in [-0.2, -0.15) is 0 Å². The molecule has 1 aromatic rings. The van der Waals surface area contributed by atoms with Crippen LogP contribution in [0.4, 0.5) is 4.39 Å². The number of piperidine rings is 1. The SMILES string of the molecule is CC(N)CCC(=O)N1CCC(Cc2cccc(F)c2)CC1.Cl. The van der Waals surface area contributed by atoms with E-state index in [1.165, 1.54) is 6.07 Å². The lowest BCUT2D eigenvalue weighted by Crippen LogP contribution is -2.39. The summed E-state index contributed by atoms with van der Waals surface area (Å²) in [7, 11) is 0. The van der Waals surface area contributed by atoms with Crippen LogP contribution in [-0.2, 0) is 11.2 Å². The van der Waals surface area contributed by atoms with Gasteiger partial charge < -0.3 is 10.6 Å². The number of hydrogen-bond donors (Lipinski definition) is 1. The minimum Gasteiger partial charge on any atom is -0.343 e. The zero-order valence-electron chi connectivity index (χ0n) is 13.1. The second-order valence-electron chi connectivity index (χ2n) is 6.17. The van der Waals surface area contributed by atoms with E-state index in [1.807, 2.05) is 17.9 Å². The molecule has 0 bridgehead atoms. The summed E-state index contributed by atoms with van der Waals surface area (Å²) in [5, 5.41) is 0. The van der Waals surface area contributed by atoms with Gasteiger partial charge in [-0.05, 0) is 56.2 Å². The summed E-state index contributed by atoms with van der Waals surface area (Å²) in [6.07, 6.45) is 4.20. The summed E-state index contributed by atoms with van der Waals surface area (Å²) in [5.41, 5.74) is 6.74. The highest BCUT2D eigenvalue weighted by atomic mass is 35.5. The van der Waals surface area contributed by atoms with Gasteiger partial charge >= 0.3 is 0 Å². The van der Waals surface area contributed by atoms with E-state index in [-0.39, 0.29) is 30.2 Å². The molecule has 2 rings (SSSR count). The molecule has 1 heterocycles. The number of nitrogens with zero attached hydrogens (tertiary/aromatic N) is 1. The molecule has 2 N–H and O–H groups in total. The highest BCUT2D eigenvalue weighted by molar-refractivity contribution is 5.85. The summed E-state index contributed by atoms with van der Waals surface area (Å²) in [6, 6.07) is 6.91. The fraction of sp³-hybridized carbons (Fsp3) is 0.588. The van der Waals surface area contributed by atoms with Crippen LogP contribution in [0.5, 0.6) is 0 Å². The first kappa shape index (κ1) is 18.9. The fourth-order valence-electron chi connectivity index (χ4n) is 2.89. The average Bonchev–Trinajstić information content (AvgIpc) is 2.45. The maximum atomic E-state index is 13.2. The van der Waals surface area contributed by atoms with Crippen LogP contribution in [0.2, 0.25) is 0 Å². The van der Waals surface area contributed by atoms with Gasteiger partial charge in [-0.3, -0.25) is 4.79 Å². The minimum absolute atomic E-state index is 0. The maximum Gasteiger partial charge on any atom is 0.222 e. The van der Waals surface area contributed by atoms with E-state index < -0.39 is 0 Å². The van der Waals surface area contributed by atoms with Crippen LogP contribution in [0.25, 0.3) is 0 Å². The number of halogens is 2. The monoisotopic (exact) mass is 328 g/mol. The Morgan fingerprint density at radius 3 is 2.68 bits per heavy atom. The Bertz CT molecular complexity index is 473. The first-order chi connectivity index (χ1) is 10.0. The Labute approximate surface area is 138 Å². The van der Waals surface area contributed by atoms with Crippen LogP contribution in [-0.4, -0.2) is 29.9 Å². The van der Waals surface area contributed by atoms with E-state index in [0.29, 0.717) is 12.3 Å². The van der Waals surface area contributed by atoms with Crippen LogP contribution in [0, 0.1) is 11.7 Å². The third-order valence-corrected chi connectivity index (χ3v) is 4.19. The molecule has 0 saturated carbocycles. The quantitative estimate of drug-likeness (QED) is 0.902. The Morgan fingerprint density at radius 2 is 2.09 bits per heavy atom. The first-order valence-corrected chi connectivity index (χ1v) is 7.82. The molecule has 3 nitrogen and oxygen atoms in total. The summed E-state index contributed by atoms with van der Waals surface area (Å²) in [6.45, 7) is 3.56. The lowest BCUT2D eigenvalue weighted by Gasteiger charge is -2.32. The van der Waals surface area contributed by atoms with Gasteiger partial charge in [0.15, 0.2) is 0 Å². The number of rotatable bonds is 5. The molecule has 1 atom stereocenters. The van der Waals surface area contributed by atoms with Crippen molar-refractivity contribution < 1.29 is 9.18 Å². The summed E-state index contributed by atoms with van der Waals surface area (Å²) < 4.78 is 13.2. The number of likely N-dealkylation sites (tertiary alicyclic amines) is 1. The van der Waals surface area contributed by atoms with Crippen molar-refractivity contribution in [2.75, 3.05) is 13.1 Å². The zero-order chi connectivity index (χ0) is 15.2. The van der Waals surface area contributed by atoms with Crippen LogP contribution in [0.3, 0.4) is 0 Å². The lowest BCUT2D eigenvalue weighted by molar-refractivity contribution is -0.132. The van der Waals surface area contributed by atoms with Crippen molar-refractivity contribution in [2.24, 2.45) is 11.7 Å². The Hall–Kier alpha value is -1.13. The number of hydrogen-bond acceptors (Lipinski definition) is 2. The van der Waals surface area contributed by atoms with Crippen molar-refractivity contribution in [1.82, 2.24) is 4.90 Å². The topological polar surface area (TPSA) is 46.3 Å². The van der Waals surface area contributed by atoms with E-state index in [4.69, 9.17) is 5.73 Å². The molecular weight excluding hydrogens is 303 g/mol. The lowest BCUT2D eigenvalue weighted by atomic mass is 9.90. The second kappa shape index (κ2) is 9.11. The molecule has 1 aliphatic rings. The van der Waals surface area contributed by atoms with E-state index in [2.05, 4.69) is 0 Å². The molecule has 0 aromatic heterocycles. The van der Waals surface area contributed by atoms with Crippen LogP contribution in [0.15, 0.2) is 24.3 Å². The van der Waals surface area contributed by atoms with Crippen molar-refractivity contribution in [1.29, 1.82) is 0 Å². The largest absolute Gasteiger partial charge is 0.343 e. The molecule has 1 amide bonds. The zero-order valence-corrected chi connectivity index (χ0v) is 13.9. The van der Waals surface area contributed by atoms with Gasteiger partial charge in [0.05, 0.1) is 0 Å². The molecule has 1 unspecified atom stereocenters. The summed E-state index contributed by atoms with van der Waals surface area (Å²) in [5.74, 6) is 0.594. The fourth-order valence-corrected chi connectivity index (χ4v) is 2.89. The average molecular weight is 329 g/mol. The van der Waals surface area contributed by atoms with E-state index in [1.54, 1.807) is 12.1 Å². The van der Waals surface area contributed by atoms with Gasteiger partial charge in [-0.25, -0.2) is 4.39 Å². The van der Waals surface area contributed by atoms with Gasteiger partial charge in [-0.1, -0.05) is 12.1 Å². The normalized spacial score (nSPS) is 17.0. The predicted octanol–water partition coefficient (Wildman–Crippen LogP) is 3.16. The molecule has 0 spiro atoms. The molecule has 1 fully saturated rings. The van der Waals surface area contributed by atoms with Crippen molar-refractivity contribution in [3.8, 4) is 0 Å². The van der Waals surface area contributed by atoms with Crippen LogP contribution >= 0.6 is 12.4 Å². The Kier molecular flexibility index (Phi) is 7.83. The third kappa shape index (κ3) is 5.93. The molecule has 1 aromatic carbocycles. The molecule has 124 valence electrons. The molecule has 1 saturated heterocycles. The molecule has 0 aliphatic carbocycles. The van der Waals surface area contributed by atoms with Gasteiger partial charge in [-0.15, -0.1) is 12.4 Å². The van der Waals surface area contributed by atoms with E-state index >= 15 is 0 Å². The highest BCUT2D eigenvalue weighted by Gasteiger charge is 2.22. The number of benzene rings is 1. The summed E-state index contributed by atoms with van der Waals surface area (Å²) in [4.78, 5) is 14.0. The molecule has 0 radical (unpaired) electrons. The molecule has 5 heteroatoms. The van der Waals surface area contributed by atoms with Gasteiger partial charge in [0.2, 0.25) is 5.91 Å². The van der Waals surface area contributed by atoms with Gasteiger partial charge in [0, 0.05) is 25.6 Å². The number of carbonyl (C=O) groups excluding carboxylic acids is 1. The summed E-state index contributed by atoms with van der Waals surface area (Å²) >= 11 is 0. The number of amides is 1. The standard InChI is InChI=1S/C17H25FN2O.ClH/c1-13(19)5-6-17(21)20-9-7-14(8-10-20)11-15-3-2-4-16(18)12-15;/h2-4,12-14H,5-11,19H2,1H3;1H. The van der Waals surface area contributed by atoms with Crippen molar-refractivity contribution in [2.45, 2.75) is 45.1 Å². The smallest absolute Gasteiger partial charge is 0.222 e. The van der Waals surface area contributed by atoms with Crippen molar-refractivity contribution >= 4 is 18.3 Å². The third-order valence-electron chi connectivity index (χ3n) is 4.19. The molecular formula is C17H26ClFN2O. The second-order valence-corrected chi connectivity index (χ2v) is 6.17. The van der Waals surface area contributed by atoms with Crippen molar-refractivity contribution in [3.05, 3.63) is 35.6 Å². The van der Waals surface area contributed by atoms with Crippen molar-refractivity contribution in [3.63, 3.8) is 0 Å². The minimum atomic E-state index is -0.170. The van der Waals surface area contributed by atoms with Gasteiger partial charge in [0.1, 0.15) is 5.82 Å². The Balaban J connectivity index is 0.00000242. The first-order valence-electron chi connectivity index (χ1n) is 7.82. The number of carbonyl (C=O) groups is 1. The van der Waals surface area contributed by atoms with Gasteiger partial charge in [0.25, 0.3) is 0 Å². The van der Waals surface area contributed by atoms with E-state index in [0.717, 1.165) is 44.3 Å². The maximum absolute atomic E-state index is 13.2. The molecule has 22 heavy (non-hydrogen) atoms. The van der Waals surface area contributed by atoms with Crippen LogP contribution in [0.1, 0.15) is 38.2 Å². The number of nitrogens with two attached hydrogens (primary N) is 1.